The summed E-state index contributed by atoms with van der Waals surface area (Å²) in [6.07, 6.45) is -33.9. The predicted molar refractivity (Wildman–Crippen MR) is 386 cm³/mol. The van der Waals surface area contributed by atoms with E-state index in [9.17, 15) is 0 Å². The lowest BCUT2D eigenvalue weighted by atomic mass is 8.23. The van der Waals surface area contributed by atoms with E-state index in [1.165, 1.54) is 11.1 Å². The molecule has 1 N–H and O–H groups in total. The fourth-order valence-corrected chi connectivity index (χ4v) is 11.4. The largest absolute Gasteiger partial charge is 0.491 e. The topological polar surface area (TPSA) is 39.7 Å². The Morgan fingerprint density at radius 1 is 0.397 bits per heavy atom. The maximum absolute atomic E-state index is 6.80. The average Bonchev–Trinajstić information content (AvgIpc) is 3.74. The minimum atomic E-state index is -1.42. The Balaban J connectivity index is 0.00000122. The molecule has 1 aliphatic heterocycles. The Labute approximate surface area is 493 Å². The van der Waals surface area contributed by atoms with E-state index in [0.29, 0.717) is 13.2 Å². The van der Waals surface area contributed by atoms with E-state index in [4.69, 9.17) is 231 Å². The van der Waals surface area contributed by atoms with Crippen molar-refractivity contribution < 1.29 is 14.2 Å². The van der Waals surface area contributed by atoms with E-state index in [0.717, 1.165) is 45.5 Å². The normalized spacial score (nSPS) is 10.6. The number of rotatable bonds is 34. The van der Waals surface area contributed by atoms with Crippen molar-refractivity contribution in [3.63, 3.8) is 0 Å². The molecule has 1 aliphatic rings. The van der Waals surface area contributed by atoms with Crippen LogP contribution in [-0.2, 0) is 22.6 Å². The fourth-order valence-electron chi connectivity index (χ4n) is 11.4. The second-order valence-corrected chi connectivity index (χ2v) is 19.5. The van der Waals surface area contributed by atoms with Crippen LogP contribution in [0, 0.1) is 0 Å². The van der Waals surface area contributed by atoms with E-state index in [2.05, 4.69) is 11.4 Å². The van der Waals surface area contributed by atoms with Gasteiger partial charge in [0.15, 0.2) is 0 Å². The second kappa shape index (κ2) is 36.8. The molecule has 4 nitrogen and oxygen atoms in total. The van der Waals surface area contributed by atoms with Crippen molar-refractivity contribution in [3.05, 3.63) is 29.3 Å². The molecular weight excluding hydrogens is 825 g/mol. The lowest BCUT2D eigenvalue weighted by Gasteiger charge is -2.58. The van der Waals surface area contributed by atoms with Gasteiger partial charge in [0.05, 0.1) is 6.61 Å². The summed E-state index contributed by atoms with van der Waals surface area (Å²) >= 11 is 0. The molecule has 1 aromatic rings. The van der Waals surface area contributed by atoms with Gasteiger partial charge in [0.2, 0.25) is 0 Å². The third-order valence-electron chi connectivity index (χ3n) is 14.3. The number of methoxy groups -OCH3 is 1. The average molecular weight is 846 g/mol. The molecule has 57 radical (unpaired) electrons. The predicted octanol–water partition coefficient (Wildman–Crippen LogP) is -19.2. The third kappa shape index (κ3) is 22.0. The van der Waals surface area contributed by atoms with Crippen LogP contribution in [0.15, 0.2) is 18.2 Å². The van der Waals surface area contributed by atoms with E-state index in [1.54, 1.807) is 7.11 Å². The van der Waals surface area contributed by atoms with Crippen molar-refractivity contribution in [2.75, 3.05) is 33.5 Å². The maximum atomic E-state index is 6.80. The van der Waals surface area contributed by atoms with E-state index in [1.807, 2.05) is 12.1 Å². The lowest BCUT2D eigenvalue weighted by molar-refractivity contribution is 0.0804. The van der Waals surface area contributed by atoms with Gasteiger partial charge in [-0.25, -0.2) is 0 Å². The summed E-state index contributed by atoms with van der Waals surface area (Å²) in [5.41, 5.74) is 2.63. The van der Waals surface area contributed by atoms with Gasteiger partial charge >= 0.3 is 0 Å². The Morgan fingerprint density at radius 2 is 0.712 bits per heavy atom. The third-order valence-corrected chi connectivity index (χ3v) is 14.3. The van der Waals surface area contributed by atoms with Crippen molar-refractivity contribution >= 4 is 390 Å². The van der Waals surface area contributed by atoms with Gasteiger partial charge in [0.25, 0.3) is 0 Å². The van der Waals surface area contributed by atoms with E-state index >= 15 is 0 Å². The maximum Gasteiger partial charge on any atom is 0.124 e. The van der Waals surface area contributed by atoms with Crippen molar-refractivity contribution in [3.8, 4) is 5.75 Å². The van der Waals surface area contributed by atoms with Gasteiger partial charge in [-0.2, -0.15) is 0 Å². The van der Waals surface area contributed by atoms with Gasteiger partial charge in [-0.3, -0.25) is 0 Å². The number of ether oxygens (including phenoxy) is 3. The summed E-state index contributed by atoms with van der Waals surface area (Å²) in [5.74, 6) is 0.984. The molecule has 0 fully saturated rings. The zero-order valence-electron chi connectivity index (χ0n) is 42.7. The summed E-state index contributed by atoms with van der Waals surface area (Å²) in [5, 5.41) is 3.33. The van der Waals surface area contributed by atoms with Crippen LogP contribution in [-0.4, -0.2) is 423 Å². The molecule has 265 valence electrons. The van der Waals surface area contributed by atoms with Crippen LogP contribution in [0.3, 0.4) is 0 Å². The summed E-state index contributed by atoms with van der Waals surface area (Å²) in [7, 11) is 185. The SMILES string of the molecule is COCCCOCCOc1cccc2c1CNC2.[B][B]B([B])B(B([B])[B])B(B(B(B([B])[B])B([B])[B])B(B([B])[B])B([B])[B])B(B(B(B([B])[B])B([B])[B])B(B([B])[B])B([B])[B])B(B(B([B])[B])B([B])[B])B(B([B])[B])B([B])[B]. The monoisotopic (exact) mass is 857 g/mol. The van der Waals surface area contributed by atoms with Crippen LogP contribution in [0.1, 0.15) is 17.5 Å². The Morgan fingerprint density at radius 3 is 1.01 bits per heavy atom. The summed E-state index contributed by atoms with van der Waals surface area (Å²) in [6, 6.07) is 6.21. The smallest absolute Gasteiger partial charge is 0.124 e. The van der Waals surface area contributed by atoms with Crippen LogP contribution in [0.4, 0.5) is 0 Å². The van der Waals surface area contributed by atoms with Crippen LogP contribution in [0.25, 0.3) is 0 Å². The van der Waals surface area contributed by atoms with E-state index in [-0.39, 0.29) is 0 Å². The molecular formula is C14H21B55NO3. The van der Waals surface area contributed by atoms with Gasteiger partial charge in [0, 0.05) is 429 Å². The number of fused-ring (bicyclic) bond motifs is 1. The first kappa shape index (κ1) is 73.5. The van der Waals surface area contributed by atoms with Gasteiger partial charge in [-0.05, 0) is 18.1 Å². The first-order valence-corrected chi connectivity index (χ1v) is 24.4. The molecule has 0 aromatic heterocycles. The van der Waals surface area contributed by atoms with Crippen LogP contribution in [0.5, 0.6) is 5.75 Å². The molecule has 0 unspecified atom stereocenters. The molecule has 0 bridgehead atoms. The van der Waals surface area contributed by atoms with Crippen LogP contribution >= 0.6 is 0 Å². The summed E-state index contributed by atoms with van der Waals surface area (Å²) in [6.45, 7) is 4.55. The highest BCUT2D eigenvalue weighted by molar-refractivity contribution is 8.36. The minimum Gasteiger partial charge on any atom is -0.491 e. The summed E-state index contributed by atoms with van der Waals surface area (Å²) < 4.78 is 16.2. The second-order valence-electron chi connectivity index (χ2n) is 19.5. The Kier molecular flexibility index (Phi) is 37.1. The highest BCUT2D eigenvalue weighted by Crippen LogP contribution is 2.26. The van der Waals surface area contributed by atoms with Crippen molar-refractivity contribution in [1.82, 2.24) is 5.32 Å². The highest BCUT2D eigenvalue weighted by atomic mass is 16.5. The van der Waals surface area contributed by atoms with Gasteiger partial charge in [-0.1, -0.05) is 12.1 Å². The lowest BCUT2D eigenvalue weighted by Crippen LogP contribution is -2.96. The summed E-state index contributed by atoms with van der Waals surface area (Å²) in [4.78, 5) is 0. The minimum absolute atomic E-state index is 0.601. The first-order chi connectivity index (χ1) is 34.0. The van der Waals surface area contributed by atoms with Gasteiger partial charge in [-0.15, -0.1) is 0 Å². The molecule has 0 saturated carbocycles. The zero-order chi connectivity index (χ0) is 56.3. The van der Waals surface area contributed by atoms with Crippen LogP contribution in [0.2, 0.25) is 0 Å². The molecule has 0 atom stereocenters. The molecule has 0 aliphatic carbocycles. The Hall–Kier alpha value is 2.47. The molecule has 2 rings (SSSR count). The molecule has 59 heteroatoms. The van der Waals surface area contributed by atoms with Gasteiger partial charge in [0.1, 0.15) is 12.4 Å². The molecule has 0 spiro atoms. The Bertz CT molecular complexity index is 1450. The van der Waals surface area contributed by atoms with E-state index < -0.39 is 166 Å². The number of hydrogen-bond acceptors (Lipinski definition) is 4. The quantitative estimate of drug-likeness (QED) is 0.0554. The molecule has 0 amide bonds. The number of benzene rings is 1. The van der Waals surface area contributed by atoms with Crippen molar-refractivity contribution in [1.29, 1.82) is 0 Å². The van der Waals surface area contributed by atoms with Crippen molar-refractivity contribution in [2.24, 2.45) is 0 Å². The van der Waals surface area contributed by atoms with Crippen LogP contribution < -0.4 is 10.1 Å². The van der Waals surface area contributed by atoms with Gasteiger partial charge < -0.3 is 19.5 Å². The molecule has 73 heavy (non-hydrogen) atoms. The molecule has 1 heterocycles. The number of nitrogens with one attached hydrogen (secondary N) is 1. The number of hydrogen-bond donors (Lipinski definition) is 1. The molecule has 1 aromatic carbocycles. The van der Waals surface area contributed by atoms with Crippen molar-refractivity contribution in [2.45, 2.75) is 19.5 Å². The zero-order valence-corrected chi connectivity index (χ0v) is 42.7. The standard InChI is InChI=1S/C14H21NO3.B55/c1-16-6-3-7-17-8-9-18-14-5-2-4-12-10-15-11-13(12)14;1-29-43(28)50(42(26)27)54(51(44(30(2)3)31(4)5)45(32(6)7)33(8)9)55(52(46(34(10)11)35(12)13)47(36(14)15)37(16)17)53(48(38(18)19)39(20)21)49(40(22)23)41(24)25/h2,4-5,15H,3,6-11H2,1H3;. The molecule has 0 saturated heterocycles. The first-order valence-electron chi connectivity index (χ1n) is 24.4. The highest BCUT2D eigenvalue weighted by Gasteiger charge is 2.61. The fraction of sp³-hybridized carbons (Fsp3) is 0.571.